The van der Waals surface area contributed by atoms with Crippen molar-refractivity contribution < 1.29 is 9.00 Å². The average molecular weight is 337 g/mol. The predicted octanol–water partition coefficient (Wildman–Crippen LogP) is 2.67. The van der Waals surface area contributed by atoms with Crippen molar-refractivity contribution in [1.82, 2.24) is 10.2 Å². The molecule has 128 valence electrons. The lowest BCUT2D eigenvalue weighted by Gasteiger charge is -2.35. The Bertz CT molecular complexity index is 557. The van der Waals surface area contributed by atoms with Crippen LogP contribution < -0.4 is 10.6 Å². The number of nitrogens with one attached hydrogen (secondary N) is 2. The van der Waals surface area contributed by atoms with E-state index >= 15 is 0 Å². The summed E-state index contributed by atoms with van der Waals surface area (Å²) >= 11 is 0. The van der Waals surface area contributed by atoms with E-state index in [0.29, 0.717) is 23.2 Å². The molecule has 2 atom stereocenters. The number of nitrogens with zero attached hydrogens (tertiary/aromatic N) is 1. The molecule has 1 aromatic rings. The Morgan fingerprint density at radius 2 is 2.00 bits per heavy atom. The molecule has 2 unspecified atom stereocenters. The van der Waals surface area contributed by atoms with Crippen molar-refractivity contribution in [3.8, 4) is 0 Å². The van der Waals surface area contributed by atoms with E-state index in [1.165, 1.54) is 12.8 Å². The number of benzene rings is 1. The molecule has 0 aromatic heterocycles. The van der Waals surface area contributed by atoms with Crippen molar-refractivity contribution in [2.75, 3.05) is 31.2 Å². The fourth-order valence-corrected chi connectivity index (χ4v) is 3.52. The first-order valence-electron chi connectivity index (χ1n) is 8.18. The molecular weight excluding hydrogens is 310 g/mol. The highest BCUT2D eigenvalue weighted by Gasteiger charge is 2.20. The second-order valence-corrected chi connectivity index (χ2v) is 7.70. The van der Waals surface area contributed by atoms with E-state index in [2.05, 4.69) is 29.4 Å². The fraction of sp³-hybridized carbons (Fsp3) is 0.588. The summed E-state index contributed by atoms with van der Waals surface area (Å²) in [5.74, 6) is 0.807. The molecule has 0 aliphatic carbocycles. The van der Waals surface area contributed by atoms with Gasteiger partial charge in [0.25, 0.3) is 0 Å². The van der Waals surface area contributed by atoms with Gasteiger partial charge in [-0.3, -0.25) is 9.11 Å². The monoisotopic (exact) mass is 337 g/mol. The van der Waals surface area contributed by atoms with Gasteiger partial charge in [-0.15, -0.1) is 0 Å². The molecule has 1 saturated heterocycles. The lowest BCUT2D eigenvalue weighted by molar-refractivity contribution is 0.146. The van der Waals surface area contributed by atoms with E-state index in [1.807, 2.05) is 12.1 Å². The molecule has 1 aliphatic rings. The normalized spacial score (nSPS) is 19.1. The van der Waals surface area contributed by atoms with Crippen LogP contribution in [0.4, 0.5) is 10.5 Å². The summed E-state index contributed by atoms with van der Waals surface area (Å²) in [7, 11) is -1.13. The number of amides is 2. The van der Waals surface area contributed by atoms with Gasteiger partial charge in [-0.05, 0) is 50.9 Å². The molecule has 1 fully saturated rings. The van der Waals surface area contributed by atoms with Crippen LogP contribution in [0.5, 0.6) is 0 Å². The van der Waals surface area contributed by atoms with E-state index in [4.69, 9.17) is 0 Å². The summed E-state index contributed by atoms with van der Waals surface area (Å²) in [6.45, 7) is 7.25. The molecule has 23 heavy (non-hydrogen) atoms. The summed E-state index contributed by atoms with van der Waals surface area (Å²) in [6.07, 6.45) is 4.07. The van der Waals surface area contributed by atoms with Crippen LogP contribution in [0.15, 0.2) is 29.2 Å². The highest BCUT2D eigenvalue weighted by Crippen LogP contribution is 2.19. The van der Waals surface area contributed by atoms with E-state index in [-0.39, 0.29) is 6.03 Å². The number of piperidine rings is 1. The SMILES string of the molecule is CC1CCN(C(C)CNC(=O)Nc2ccccc2S(C)=O)CC1. The predicted molar refractivity (Wildman–Crippen MR) is 95.2 cm³/mol. The number of para-hydroxylation sites is 1. The smallest absolute Gasteiger partial charge is 0.319 e. The van der Waals surface area contributed by atoms with Gasteiger partial charge in [0.05, 0.1) is 21.4 Å². The van der Waals surface area contributed by atoms with Gasteiger partial charge in [0.1, 0.15) is 0 Å². The van der Waals surface area contributed by atoms with Crippen molar-refractivity contribution in [1.29, 1.82) is 0 Å². The first-order valence-corrected chi connectivity index (χ1v) is 9.74. The van der Waals surface area contributed by atoms with Crippen molar-refractivity contribution in [3.05, 3.63) is 24.3 Å². The van der Waals surface area contributed by atoms with Crippen LogP contribution in [0, 0.1) is 5.92 Å². The van der Waals surface area contributed by atoms with Gasteiger partial charge in [0, 0.05) is 18.8 Å². The molecule has 2 amide bonds. The summed E-state index contributed by atoms with van der Waals surface area (Å²) in [5, 5.41) is 5.71. The highest BCUT2D eigenvalue weighted by molar-refractivity contribution is 7.84. The quantitative estimate of drug-likeness (QED) is 0.868. The minimum Gasteiger partial charge on any atom is -0.336 e. The van der Waals surface area contributed by atoms with Crippen LogP contribution in [-0.2, 0) is 10.8 Å². The summed E-state index contributed by atoms with van der Waals surface area (Å²) in [5.41, 5.74) is 0.602. The summed E-state index contributed by atoms with van der Waals surface area (Å²) < 4.78 is 11.7. The third kappa shape index (κ3) is 5.32. The highest BCUT2D eigenvalue weighted by atomic mass is 32.2. The van der Waals surface area contributed by atoms with E-state index in [0.717, 1.165) is 19.0 Å². The van der Waals surface area contributed by atoms with Crippen molar-refractivity contribution in [3.63, 3.8) is 0 Å². The van der Waals surface area contributed by atoms with Crippen LogP contribution >= 0.6 is 0 Å². The minimum atomic E-state index is -1.13. The molecule has 0 radical (unpaired) electrons. The standard InChI is InChI=1S/C17H27N3O2S/c1-13-8-10-20(11-9-13)14(2)12-18-17(21)19-15-6-4-5-7-16(15)23(3)22/h4-7,13-14H,8-12H2,1-3H3,(H2,18,19,21). The van der Waals surface area contributed by atoms with Crippen LogP contribution in [0.1, 0.15) is 26.7 Å². The van der Waals surface area contributed by atoms with Crippen molar-refractivity contribution >= 4 is 22.5 Å². The zero-order valence-electron chi connectivity index (χ0n) is 14.2. The van der Waals surface area contributed by atoms with Crippen LogP contribution in [-0.4, -0.2) is 47.1 Å². The second-order valence-electron chi connectivity index (χ2n) is 6.35. The van der Waals surface area contributed by atoms with Crippen molar-refractivity contribution in [2.24, 2.45) is 5.92 Å². The second kappa shape index (κ2) is 8.45. The molecule has 6 heteroatoms. The Balaban J connectivity index is 1.82. The van der Waals surface area contributed by atoms with Gasteiger partial charge in [0.2, 0.25) is 0 Å². The van der Waals surface area contributed by atoms with Crippen LogP contribution in [0.3, 0.4) is 0 Å². The van der Waals surface area contributed by atoms with E-state index in [9.17, 15) is 9.00 Å². The molecule has 0 bridgehead atoms. The lowest BCUT2D eigenvalue weighted by atomic mass is 9.98. The Hall–Kier alpha value is -1.40. The lowest BCUT2D eigenvalue weighted by Crippen LogP contribution is -2.46. The third-order valence-corrected chi connectivity index (χ3v) is 5.42. The first kappa shape index (κ1) is 17.9. The molecule has 1 heterocycles. The van der Waals surface area contributed by atoms with E-state index < -0.39 is 10.8 Å². The number of rotatable bonds is 5. The molecule has 2 N–H and O–H groups in total. The number of hydrogen-bond donors (Lipinski definition) is 2. The fourth-order valence-electron chi connectivity index (χ4n) is 2.83. The number of hydrogen-bond acceptors (Lipinski definition) is 3. The van der Waals surface area contributed by atoms with Crippen molar-refractivity contribution in [2.45, 2.75) is 37.6 Å². The van der Waals surface area contributed by atoms with Gasteiger partial charge in [-0.1, -0.05) is 19.1 Å². The summed E-state index contributed by atoms with van der Waals surface area (Å²) in [4.78, 5) is 15.2. The zero-order valence-corrected chi connectivity index (χ0v) is 15.0. The molecule has 2 rings (SSSR count). The molecule has 0 saturated carbocycles. The Labute approximate surface area is 141 Å². The van der Waals surface area contributed by atoms with E-state index in [1.54, 1.807) is 18.4 Å². The number of anilines is 1. The maximum atomic E-state index is 12.1. The Kier molecular flexibility index (Phi) is 6.59. The number of likely N-dealkylation sites (tertiary alicyclic amines) is 1. The number of carbonyl (C=O) groups is 1. The Morgan fingerprint density at radius 1 is 1.35 bits per heavy atom. The molecule has 1 aromatic carbocycles. The molecular formula is C17H27N3O2S. The largest absolute Gasteiger partial charge is 0.336 e. The van der Waals surface area contributed by atoms with Crippen LogP contribution in [0.25, 0.3) is 0 Å². The molecule has 5 nitrogen and oxygen atoms in total. The first-order chi connectivity index (χ1) is 11.0. The number of urea groups is 1. The maximum Gasteiger partial charge on any atom is 0.319 e. The molecule has 0 spiro atoms. The van der Waals surface area contributed by atoms with Crippen LogP contribution in [0.2, 0.25) is 0 Å². The average Bonchev–Trinajstić information content (AvgIpc) is 2.53. The Morgan fingerprint density at radius 3 is 2.65 bits per heavy atom. The van der Waals surface area contributed by atoms with Gasteiger partial charge in [-0.2, -0.15) is 0 Å². The molecule has 1 aliphatic heterocycles. The number of carbonyl (C=O) groups excluding carboxylic acids is 1. The summed E-state index contributed by atoms with van der Waals surface area (Å²) in [6, 6.07) is 7.25. The third-order valence-electron chi connectivity index (χ3n) is 4.44. The minimum absolute atomic E-state index is 0.250. The zero-order chi connectivity index (χ0) is 16.8. The van der Waals surface area contributed by atoms with Gasteiger partial charge in [-0.25, -0.2) is 4.79 Å². The topological polar surface area (TPSA) is 61.4 Å². The maximum absolute atomic E-state index is 12.1. The van der Waals surface area contributed by atoms with Gasteiger partial charge in [0.15, 0.2) is 0 Å². The van der Waals surface area contributed by atoms with Gasteiger partial charge >= 0.3 is 6.03 Å². The van der Waals surface area contributed by atoms with Gasteiger partial charge < -0.3 is 10.6 Å².